The van der Waals surface area contributed by atoms with Gasteiger partial charge in [-0.15, -0.1) is 5.06 Å². The van der Waals surface area contributed by atoms with Gasteiger partial charge in [0.2, 0.25) is 0 Å². The van der Waals surface area contributed by atoms with Crippen LogP contribution in [0.25, 0.3) is 0 Å². The summed E-state index contributed by atoms with van der Waals surface area (Å²) in [6.07, 6.45) is 5.91. The molecule has 0 radical (unpaired) electrons. The highest BCUT2D eigenvalue weighted by atomic mass is 16.7. The number of non-ortho nitro benzene ring substituents is 2. The molecule has 0 spiro atoms. The maximum Gasteiger partial charge on any atom is 0.357 e. The fourth-order valence-electron chi connectivity index (χ4n) is 3.43. The summed E-state index contributed by atoms with van der Waals surface area (Å²) in [7, 11) is 0. The van der Waals surface area contributed by atoms with E-state index in [-0.39, 0.29) is 17.5 Å². The van der Waals surface area contributed by atoms with E-state index in [0.29, 0.717) is 0 Å². The zero-order valence-corrected chi connectivity index (χ0v) is 13.7. The predicted molar refractivity (Wildman–Crippen MR) is 86.7 cm³/mol. The van der Waals surface area contributed by atoms with Crippen molar-refractivity contribution in [3.05, 3.63) is 56.1 Å². The Bertz CT molecular complexity index is 756. The third-order valence-electron chi connectivity index (χ3n) is 4.86. The third kappa shape index (κ3) is 2.98. The molecular formula is C16H17N3O6. The lowest BCUT2D eigenvalue weighted by atomic mass is 9.74. The van der Waals surface area contributed by atoms with Gasteiger partial charge in [0.25, 0.3) is 11.4 Å². The summed E-state index contributed by atoms with van der Waals surface area (Å²) >= 11 is 0. The van der Waals surface area contributed by atoms with Crippen LogP contribution in [0.15, 0.2) is 30.4 Å². The number of hydrogen-bond acceptors (Lipinski definition) is 7. The molecule has 0 N–H and O–H groups in total. The van der Waals surface area contributed by atoms with Crippen LogP contribution in [-0.2, 0) is 4.84 Å². The summed E-state index contributed by atoms with van der Waals surface area (Å²) in [5.41, 5.74) is -1.69. The Balaban J connectivity index is 1.90. The summed E-state index contributed by atoms with van der Waals surface area (Å²) in [4.78, 5) is 38.3. The first-order valence-electron chi connectivity index (χ1n) is 7.84. The Morgan fingerprint density at radius 1 is 1.12 bits per heavy atom. The summed E-state index contributed by atoms with van der Waals surface area (Å²) < 4.78 is 0. The monoisotopic (exact) mass is 347 g/mol. The smallest absolute Gasteiger partial charge is 0.357 e. The van der Waals surface area contributed by atoms with Crippen LogP contribution in [-0.4, -0.2) is 32.5 Å². The van der Waals surface area contributed by atoms with Gasteiger partial charge in [0, 0.05) is 12.1 Å². The van der Waals surface area contributed by atoms with Crippen LogP contribution in [0.4, 0.5) is 11.4 Å². The first-order chi connectivity index (χ1) is 11.7. The fraction of sp³-hybridized carbons (Fsp3) is 0.438. The largest absolute Gasteiger partial charge is 0.363 e. The molecule has 132 valence electrons. The van der Waals surface area contributed by atoms with Crippen molar-refractivity contribution in [2.75, 3.05) is 0 Å². The highest BCUT2D eigenvalue weighted by molar-refractivity contribution is 5.91. The number of piperidine rings is 1. The molecule has 2 atom stereocenters. The first kappa shape index (κ1) is 17.0. The Kier molecular flexibility index (Phi) is 4.03. The minimum Gasteiger partial charge on any atom is -0.363 e. The lowest BCUT2D eigenvalue weighted by Crippen LogP contribution is -2.59. The Hall–Kier alpha value is -2.81. The number of hydrogen-bond donors (Lipinski definition) is 0. The van der Waals surface area contributed by atoms with Gasteiger partial charge in [-0.1, -0.05) is 12.2 Å². The molecule has 4 rings (SSSR count). The Labute approximate surface area is 143 Å². The first-order valence-corrected chi connectivity index (χ1v) is 7.84. The van der Waals surface area contributed by atoms with Crippen molar-refractivity contribution in [2.24, 2.45) is 5.92 Å². The quantitative estimate of drug-likeness (QED) is 0.467. The number of carbonyl (C=O) groups is 1. The van der Waals surface area contributed by atoms with Crippen LogP contribution in [0.5, 0.6) is 0 Å². The minimum atomic E-state index is -0.846. The number of nitrogens with zero attached hydrogens (tertiary/aromatic N) is 3. The van der Waals surface area contributed by atoms with Crippen LogP contribution >= 0.6 is 0 Å². The highest BCUT2D eigenvalue weighted by Crippen LogP contribution is 2.42. The summed E-state index contributed by atoms with van der Waals surface area (Å²) in [5.74, 6) is -0.620. The topological polar surface area (TPSA) is 116 Å². The Morgan fingerprint density at radius 3 is 2.16 bits per heavy atom. The maximum absolute atomic E-state index is 12.5. The van der Waals surface area contributed by atoms with E-state index in [1.807, 2.05) is 19.9 Å². The molecule has 2 bridgehead atoms. The lowest BCUT2D eigenvalue weighted by molar-refractivity contribution is -0.394. The predicted octanol–water partition coefficient (Wildman–Crippen LogP) is 3.00. The number of nitro groups is 2. The van der Waals surface area contributed by atoms with Gasteiger partial charge in [0.15, 0.2) is 0 Å². The SMILES string of the molecule is CC1(C)C2C=CC(CC2)N1OC(=O)c1cc([N+](=O)[O-])cc([N+](=O)[O-])c1. The zero-order valence-electron chi connectivity index (χ0n) is 13.7. The van der Waals surface area contributed by atoms with Crippen LogP contribution in [0, 0.1) is 26.1 Å². The van der Waals surface area contributed by atoms with Crippen molar-refractivity contribution in [2.45, 2.75) is 38.3 Å². The molecule has 1 aliphatic carbocycles. The average Bonchev–Trinajstić information content (AvgIpc) is 2.57. The van der Waals surface area contributed by atoms with Crippen molar-refractivity contribution < 1.29 is 19.5 Å². The molecule has 2 aliphatic heterocycles. The van der Waals surface area contributed by atoms with Gasteiger partial charge < -0.3 is 4.84 Å². The molecular weight excluding hydrogens is 330 g/mol. The highest BCUT2D eigenvalue weighted by Gasteiger charge is 2.47. The maximum atomic E-state index is 12.5. The van der Waals surface area contributed by atoms with Crippen LogP contribution in [0.1, 0.15) is 37.0 Å². The zero-order chi connectivity index (χ0) is 18.4. The molecule has 3 aliphatic rings. The van der Waals surface area contributed by atoms with Crippen molar-refractivity contribution in [1.29, 1.82) is 0 Å². The lowest BCUT2D eigenvalue weighted by Gasteiger charge is -2.51. The fourth-order valence-corrected chi connectivity index (χ4v) is 3.43. The second kappa shape index (κ2) is 5.92. The van der Waals surface area contributed by atoms with Gasteiger partial charge in [-0.2, -0.15) is 0 Å². The molecule has 0 amide bonds. The molecule has 1 aromatic carbocycles. The molecule has 0 aromatic heterocycles. The number of benzene rings is 1. The molecule has 1 fully saturated rings. The number of rotatable bonds is 4. The molecule has 9 heteroatoms. The van der Waals surface area contributed by atoms with Crippen LogP contribution < -0.4 is 0 Å². The normalized spacial score (nSPS) is 24.1. The molecule has 9 nitrogen and oxygen atoms in total. The van der Waals surface area contributed by atoms with Gasteiger partial charge in [-0.05, 0) is 32.6 Å². The van der Waals surface area contributed by atoms with Crippen molar-refractivity contribution in [3.8, 4) is 0 Å². The van der Waals surface area contributed by atoms with Gasteiger partial charge in [0.1, 0.15) is 0 Å². The van der Waals surface area contributed by atoms with Crippen LogP contribution in [0.3, 0.4) is 0 Å². The van der Waals surface area contributed by atoms with Crippen molar-refractivity contribution >= 4 is 17.3 Å². The van der Waals surface area contributed by atoms with Gasteiger partial charge in [-0.3, -0.25) is 20.2 Å². The second-order valence-corrected chi connectivity index (χ2v) is 6.75. The minimum absolute atomic E-state index is 0.0716. The second-order valence-electron chi connectivity index (χ2n) is 6.75. The van der Waals surface area contributed by atoms with Crippen molar-refractivity contribution in [3.63, 3.8) is 0 Å². The summed E-state index contributed by atoms with van der Waals surface area (Å²) in [6, 6.07) is 2.71. The van der Waals surface area contributed by atoms with E-state index in [0.717, 1.165) is 31.0 Å². The van der Waals surface area contributed by atoms with E-state index in [1.54, 1.807) is 5.06 Å². The van der Waals surface area contributed by atoms with E-state index in [4.69, 9.17) is 4.84 Å². The Morgan fingerprint density at radius 2 is 1.72 bits per heavy atom. The summed E-state index contributed by atoms with van der Waals surface area (Å²) in [5, 5.41) is 23.5. The molecule has 1 aromatic rings. The average molecular weight is 347 g/mol. The number of hydroxylamine groups is 2. The standard InChI is InChI=1S/C16H17N3O6/c1-16(2)11-3-5-12(6-4-11)17(16)25-15(20)10-7-13(18(21)22)9-14(8-10)19(23)24/h3,5,7-9,11-12H,4,6H2,1-2H3. The molecule has 2 heterocycles. The number of fused-ring (bicyclic) bond motifs is 2. The number of nitro benzene ring substituents is 2. The van der Waals surface area contributed by atoms with Crippen molar-refractivity contribution in [1.82, 2.24) is 5.06 Å². The molecule has 2 unspecified atom stereocenters. The molecule has 1 saturated heterocycles. The summed E-state index contributed by atoms with van der Waals surface area (Å²) in [6.45, 7) is 3.91. The van der Waals surface area contributed by atoms with E-state index in [2.05, 4.69) is 6.08 Å². The number of carbonyl (C=O) groups excluding carboxylic acids is 1. The third-order valence-corrected chi connectivity index (χ3v) is 4.86. The molecule has 0 saturated carbocycles. The van der Waals surface area contributed by atoms with E-state index in [1.165, 1.54) is 0 Å². The van der Waals surface area contributed by atoms with Crippen LogP contribution in [0.2, 0.25) is 0 Å². The van der Waals surface area contributed by atoms with E-state index < -0.39 is 32.7 Å². The van der Waals surface area contributed by atoms with E-state index >= 15 is 0 Å². The molecule has 25 heavy (non-hydrogen) atoms. The van der Waals surface area contributed by atoms with E-state index in [9.17, 15) is 25.0 Å². The van der Waals surface area contributed by atoms with Gasteiger partial charge in [-0.25, -0.2) is 4.79 Å². The van der Waals surface area contributed by atoms with Gasteiger partial charge >= 0.3 is 5.97 Å². The van der Waals surface area contributed by atoms with Gasteiger partial charge in [0.05, 0.1) is 33.1 Å².